The van der Waals surface area contributed by atoms with Crippen LogP contribution in [0.1, 0.15) is 62.2 Å². The molecule has 0 aromatic heterocycles. The maximum absolute atomic E-state index is 12.4. The zero-order valence-corrected chi connectivity index (χ0v) is 19.7. The van der Waals surface area contributed by atoms with Gasteiger partial charge in [0.25, 0.3) is 11.8 Å². The molecule has 1 aromatic carbocycles. The molecule has 4 N–H and O–H groups in total. The van der Waals surface area contributed by atoms with Gasteiger partial charge < -0.3 is 26.0 Å². The molecule has 4 saturated carbocycles. The summed E-state index contributed by atoms with van der Waals surface area (Å²) in [7, 11) is 0. The van der Waals surface area contributed by atoms with Crippen LogP contribution in [0.15, 0.2) is 24.3 Å². The van der Waals surface area contributed by atoms with E-state index in [0.29, 0.717) is 17.8 Å². The third kappa shape index (κ3) is 6.07. The van der Waals surface area contributed by atoms with Crippen molar-refractivity contribution < 1.29 is 23.9 Å². The van der Waals surface area contributed by atoms with Crippen LogP contribution in [-0.2, 0) is 14.3 Å². The third-order valence-corrected chi connectivity index (χ3v) is 7.14. The highest BCUT2D eigenvalue weighted by atomic mass is 16.5. The summed E-state index contributed by atoms with van der Waals surface area (Å²) in [6.07, 6.45) is 7.10. The van der Waals surface area contributed by atoms with E-state index in [2.05, 4.69) is 21.3 Å². The van der Waals surface area contributed by atoms with Crippen LogP contribution < -0.4 is 21.3 Å². The van der Waals surface area contributed by atoms with Crippen molar-refractivity contribution in [1.82, 2.24) is 16.0 Å². The lowest BCUT2D eigenvalue weighted by molar-refractivity contribution is -0.147. The fourth-order valence-corrected chi connectivity index (χ4v) is 6.24. The Morgan fingerprint density at radius 2 is 1.68 bits per heavy atom. The predicted octanol–water partition coefficient (Wildman–Crippen LogP) is 2.58. The van der Waals surface area contributed by atoms with E-state index in [1.807, 2.05) is 6.92 Å². The van der Waals surface area contributed by atoms with Crippen molar-refractivity contribution >= 4 is 29.5 Å². The van der Waals surface area contributed by atoms with Crippen molar-refractivity contribution in [1.29, 1.82) is 0 Å². The summed E-state index contributed by atoms with van der Waals surface area (Å²) < 4.78 is 5.01. The second-order valence-electron chi connectivity index (χ2n) is 9.98. The van der Waals surface area contributed by atoms with Gasteiger partial charge in [-0.1, -0.05) is 6.07 Å². The van der Waals surface area contributed by atoms with Crippen molar-refractivity contribution in [2.24, 2.45) is 17.8 Å². The predicted molar refractivity (Wildman–Crippen MR) is 126 cm³/mol. The Labute approximate surface area is 199 Å². The van der Waals surface area contributed by atoms with Gasteiger partial charge in [-0.15, -0.1) is 0 Å². The number of rotatable bonds is 9. The number of amides is 4. The van der Waals surface area contributed by atoms with Gasteiger partial charge >= 0.3 is 12.0 Å². The minimum Gasteiger partial charge on any atom is -0.456 e. The van der Waals surface area contributed by atoms with E-state index in [1.165, 1.54) is 19.3 Å². The number of ether oxygens (including phenoxy) is 1. The Hall–Kier alpha value is -3.10. The van der Waals surface area contributed by atoms with Gasteiger partial charge in [0, 0.05) is 29.9 Å². The SMILES string of the molecule is CCNC(=O)c1cccc(NC(=O)COC(=O)CCNC(=O)NC23CC4CC(CC(C4)C2)C3)c1. The fourth-order valence-electron chi connectivity index (χ4n) is 6.24. The fraction of sp³-hybridized carbons (Fsp3) is 0.600. The van der Waals surface area contributed by atoms with Gasteiger partial charge in [0.1, 0.15) is 0 Å². The van der Waals surface area contributed by atoms with Crippen LogP contribution in [0.3, 0.4) is 0 Å². The smallest absolute Gasteiger partial charge is 0.315 e. The first-order valence-electron chi connectivity index (χ1n) is 12.2. The number of anilines is 1. The van der Waals surface area contributed by atoms with Crippen LogP contribution in [0, 0.1) is 17.8 Å². The van der Waals surface area contributed by atoms with Crippen LogP contribution >= 0.6 is 0 Å². The van der Waals surface area contributed by atoms with E-state index in [-0.39, 0.29) is 30.4 Å². The first-order chi connectivity index (χ1) is 16.3. The number of hydrogen-bond acceptors (Lipinski definition) is 5. The normalized spacial score (nSPS) is 26.4. The van der Waals surface area contributed by atoms with Crippen LogP contribution in [0.2, 0.25) is 0 Å². The summed E-state index contributed by atoms with van der Waals surface area (Å²) in [5.74, 6) is 0.913. The average molecular weight is 471 g/mol. The molecule has 4 aliphatic carbocycles. The summed E-state index contributed by atoms with van der Waals surface area (Å²) >= 11 is 0. The second kappa shape index (κ2) is 10.4. The number of hydrogen-bond donors (Lipinski definition) is 4. The van der Waals surface area contributed by atoms with Crippen molar-refractivity contribution in [3.63, 3.8) is 0 Å². The van der Waals surface area contributed by atoms with Crippen LogP contribution in [0.25, 0.3) is 0 Å². The molecule has 9 heteroatoms. The zero-order valence-electron chi connectivity index (χ0n) is 19.7. The van der Waals surface area contributed by atoms with Crippen LogP contribution in [-0.4, -0.2) is 49.1 Å². The van der Waals surface area contributed by atoms with Crippen molar-refractivity contribution in [2.45, 2.75) is 57.4 Å². The minimum atomic E-state index is -0.568. The number of esters is 1. The molecule has 4 bridgehead atoms. The number of nitrogens with one attached hydrogen (secondary N) is 4. The second-order valence-corrected chi connectivity index (χ2v) is 9.98. The molecule has 1 aromatic rings. The number of carbonyl (C=O) groups excluding carboxylic acids is 4. The van der Waals surface area contributed by atoms with Gasteiger partial charge in [-0.25, -0.2) is 4.79 Å². The Morgan fingerprint density at radius 3 is 2.32 bits per heavy atom. The molecule has 9 nitrogen and oxygen atoms in total. The van der Waals surface area contributed by atoms with Crippen molar-refractivity contribution in [3.8, 4) is 0 Å². The molecular weight excluding hydrogens is 436 g/mol. The minimum absolute atomic E-state index is 0.0196. The molecule has 0 heterocycles. The Kier molecular flexibility index (Phi) is 7.38. The zero-order chi connectivity index (χ0) is 24.1. The average Bonchev–Trinajstić information content (AvgIpc) is 2.77. The molecule has 0 unspecified atom stereocenters. The number of benzene rings is 1. The monoisotopic (exact) mass is 470 g/mol. The highest BCUT2D eigenvalue weighted by Crippen LogP contribution is 2.55. The van der Waals surface area contributed by atoms with Crippen molar-refractivity contribution in [3.05, 3.63) is 29.8 Å². The van der Waals surface area contributed by atoms with Gasteiger partial charge in [0.05, 0.1) is 6.42 Å². The Morgan fingerprint density at radius 1 is 1.00 bits per heavy atom. The lowest BCUT2D eigenvalue weighted by atomic mass is 9.53. The third-order valence-electron chi connectivity index (χ3n) is 7.14. The van der Waals surface area contributed by atoms with Crippen molar-refractivity contribution in [2.75, 3.05) is 25.0 Å². The summed E-state index contributed by atoms with van der Waals surface area (Å²) in [4.78, 5) is 48.4. The lowest BCUT2D eigenvalue weighted by Crippen LogP contribution is -2.61. The quantitative estimate of drug-likeness (QED) is 0.413. The van der Waals surface area contributed by atoms with Gasteiger partial charge in [-0.05, 0) is 81.4 Å². The van der Waals surface area contributed by atoms with Gasteiger partial charge in [-0.2, -0.15) is 0 Å². The summed E-state index contributed by atoms with van der Waals surface area (Å²) in [5, 5.41) is 11.3. The maximum atomic E-state index is 12.4. The Balaban J connectivity index is 1.13. The largest absolute Gasteiger partial charge is 0.456 e. The van der Waals surface area contributed by atoms with Gasteiger partial charge in [0.2, 0.25) is 0 Å². The van der Waals surface area contributed by atoms with Gasteiger partial charge in [0.15, 0.2) is 6.61 Å². The summed E-state index contributed by atoms with van der Waals surface area (Å²) in [6.45, 7) is 2.03. The summed E-state index contributed by atoms with van der Waals surface area (Å²) in [5.41, 5.74) is 0.786. The molecule has 0 aliphatic heterocycles. The molecule has 5 rings (SSSR count). The summed E-state index contributed by atoms with van der Waals surface area (Å²) in [6, 6.07) is 6.27. The molecule has 184 valence electrons. The van der Waals surface area contributed by atoms with E-state index in [0.717, 1.165) is 37.0 Å². The molecule has 0 atom stereocenters. The highest BCUT2D eigenvalue weighted by Gasteiger charge is 2.51. The van der Waals surface area contributed by atoms with Gasteiger partial charge in [-0.3, -0.25) is 14.4 Å². The topological polar surface area (TPSA) is 126 Å². The molecule has 0 spiro atoms. The molecule has 0 saturated heterocycles. The molecular formula is C25H34N4O5. The maximum Gasteiger partial charge on any atom is 0.315 e. The molecule has 4 aliphatic rings. The number of carbonyl (C=O) groups is 4. The molecule has 0 radical (unpaired) electrons. The van der Waals surface area contributed by atoms with Crippen LogP contribution in [0.5, 0.6) is 0 Å². The van der Waals surface area contributed by atoms with E-state index in [4.69, 9.17) is 4.74 Å². The first kappa shape index (κ1) is 24.0. The van der Waals surface area contributed by atoms with Crippen LogP contribution in [0.4, 0.5) is 10.5 Å². The number of urea groups is 1. The van der Waals surface area contributed by atoms with E-state index in [1.54, 1.807) is 24.3 Å². The first-order valence-corrected chi connectivity index (χ1v) is 12.2. The molecule has 4 amide bonds. The van der Waals surface area contributed by atoms with E-state index >= 15 is 0 Å². The van der Waals surface area contributed by atoms with E-state index < -0.39 is 18.5 Å². The lowest BCUT2D eigenvalue weighted by Gasteiger charge is -2.56. The van der Waals surface area contributed by atoms with E-state index in [9.17, 15) is 19.2 Å². The molecule has 34 heavy (non-hydrogen) atoms. The molecule has 4 fully saturated rings. The Bertz CT molecular complexity index is 912. The highest BCUT2D eigenvalue weighted by molar-refractivity contribution is 5.97. The standard InChI is InChI=1S/C25H34N4O5/c1-2-26-23(32)19-4-3-5-20(11-19)28-21(30)15-34-22(31)6-7-27-24(33)29-25-12-16-8-17(13-25)10-18(9-16)14-25/h3-5,11,16-18H,2,6-10,12-15H2,1H3,(H,26,32)(H,28,30)(H2,27,29,33).